The van der Waals surface area contributed by atoms with Gasteiger partial charge in [0.25, 0.3) is 5.91 Å². The van der Waals surface area contributed by atoms with E-state index >= 15 is 0 Å². The number of aliphatic imine (C=N–C) groups is 1. The second-order valence-corrected chi connectivity index (χ2v) is 7.74. The van der Waals surface area contributed by atoms with Crippen molar-refractivity contribution in [2.24, 2.45) is 4.99 Å². The predicted molar refractivity (Wildman–Crippen MR) is 124 cm³/mol. The number of likely N-dealkylation sites (N-methyl/N-ethyl adjacent to an activating group) is 1. The Kier molecular flexibility index (Phi) is 5.03. The van der Waals surface area contributed by atoms with Gasteiger partial charge in [0, 0.05) is 50.2 Å². The Morgan fingerprint density at radius 1 is 1.19 bits per heavy atom. The van der Waals surface area contributed by atoms with Crippen LogP contribution >= 0.6 is 0 Å². The fraction of sp³-hybridized carbons (Fsp3) is 0.167. The lowest BCUT2D eigenvalue weighted by molar-refractivity contribution is -0.130. The lowest BCUT2D eigenvalue weighted by Crippen LogP contribution is -2.27. The maximum absolute atomic E-state index is 11.7. The molecule has 8 nitrogen and oxygen atoms in total. The van der Waals surface area contributed by atoms with Gasteiger partial charge < -0.3 is 19.4 Å². The lowest BCUT2D eigenvalue weighted by Gasteiger charge is -2.13. The van der Waals surface area contributed by atoms with Crippen LogP contribution in [0.3, 0.4) is 0 Å². The molecule has 5 rings (SSSR count). The van der Waals surface area contributed by atoms with E-state index in [9.17, 15) is 4.79 Å². The molecule has 32 heavy (non-hydrogen) atoms. The molecule has 0 unspecified atom stereocenters. The summed E-state index contributed by atoms with van der Waals surface area (Å²) in [6.45, 7) is 0.708. The Balaban J connectivity index is 1.39. The molecule has 0 bridgehead atoms. The van der Waals surface area contributed by atoms with Gasteiger partial charge in [-0.2, -0.15) is 0 Å². The molecule has 2 aromatic heterocycles. The van der Waals surface area contributed by atoms with Crippen LogP contribution in [0.5, 0.6) is 5.75 Å². The molecule has 0 fully saturated rings. The van der Waals surface area contributed by atoms with E-state index < -0.39 is 0 Å². The largest absolute Gasteiger partial charge is 0.484 e. The topological polar surface area (TPSA) is 84.1 Å². The van der Waals surface area contributed by atoms with Crippen molar-refractivity contribution < 1.29 is 9.53 Å². The van der Waals surface area contributed by atoms with Crippen molar-refractivity contribution in [3.05, 3.63) is 72.2 Å². The first-order chi connectivity index (χ1) is 15.6. The molecule has 2 aromatic carbocycles. The fourth-order valence-corrected chi connectivity index (χ4v) is 3.47. The SMILES string of the molecule is CN(C)C(=O)COc1ccc(Nc2nc(-c3ccc4c(c3)CN=C4)cn3ccnc23)cc1. The molecule has 1 N–H and O–H groups in total. The van der Waals surface area contributed by atoms with E-state index in [1.807, 2.05) is 47.3 Å². The molecule has 3 heterocycles. The minimum atomic E-state index is -0.0898. The molecule has 8 heteroatoms. The minimum Gasteiger partial charge on any atom is -0.484 e. The maximum Gasteiger partial charge on any atom is 0.259 e. The molecule has 1 aliphatic rings. The molecule has 1 aliphatic heterocycles. The molecule has 0 saturated carbocycles. The summed E-state index contributed by atoms with van der Waals surface area (Å²) in [7, 11) is 3.40. The van der Waals surface area contributed by atoms with Gasteiger partial charge in [0.2, 0.25) is 0 Å². The van der Waals surface area contributed by atoms with Gasteiger partial charge >= 0.3 is 0 Å². The van der Waals surface area contributed by atoms with Crippen LogP contribution < -0.4 is 10.1 Å². The highest BCUT2D eigenvalue weighted by atomic mass is 16.5. The standard InChI is InChI=1S/C24H22N6O2/c1-29(2)22(31)15-32-20-7-5-19(6-8-20)27-23-24-26-9-10-30(24)14-21(28-23)16-3-4-17-12-25-13-18(17)11-16/h3-12,14H,13,15H2,1-2H3,(H,27,28). The van der Waals surface area contributed by atoms with Crippen molar-refractivity contribution in [2.45, 2.75) is 6.54 Å². The van der Waals surface area contributed by atoms with Crippen molar-refractivity contribution in [1.29, 1.82) is 0 Å². The van der Waals surface area contributed by atoms with E-state index in [1.54, 1.807) is 20.3 Å². The van der Waals surface area contributed by atoms with Crippen molar-refractivity contribution in [2.75, 3.05) is 26.0 Å². The number of fused-ring (bicyclic) bond motifs is 2. The van der Waals surface area contributed by atoms with Gasteiger partial charge in [-0.15, -0.1) is 0 Å². The zero-order valence-electron chi connectivity index (χ0n) is 17.8. The molecular formula is C24H22N6O2. The molecule has 0 saturated heterocycles. The van der Waals surface area contributed by atoms with Crippen LogP contribution in [0.2, 0.25) is 0 Å². The number of imidazole rings is 1. The van der Waals surface area contributed by atoms with Gasteiger partial charge in [-0.05, 0) is 41.5 Å². The molecule has 0 aliphatic carbocycles. The summed E-state index contributed by atoms with van der Waals surface area (Å²) < 4.78 is 7.50. The second kappa shape index (κ2) is 8.14. The molecule has 1 amide bonds. The fourth-order valence-electron chi connectivity index (χ4n) is 3.47. The number of amides is 1. The zero-order valence-corrected chi connectivity index (χ0v) is 17.8. The Labute approximate surface area is 185 Å². The molecular weight excluding hydrogens is 404 g/mol. The van der Waals surface area contributed by atoms with Crippen molar-refractivity contribution >= 4 is 29.3 Å². The molecule has 0 radical (unpaired) electrons. The average molecular weight is 426 g/mol. The van der Waals surface area contributed by atoms with Crippen molar-refractivity contribution in [1.82, 2.24) is 19.3 Å². The normalized spacial score (nSPS) is 12.1. The highest BCUT2D eigenvalue weighted by molar-refractivity contribution is 5.86. The van der Waals surface area contributed by atoms with E-state index in [2.05, 4.69) is 33.5 Å². The summed E-state index contributed by atoms with van der Waals surface area (Å²) in [5.74, 6) is 1.19. The summed E-state index contributed by atoms with van der Waals surface area (Å²) in [6.07, 6.45) is 7.54. The summed E-state index contributed by atoms with van der Waals surface area (Å²) >= 11 is 0. The van der Waals surface area contributed by atoms with Crippen LogP contribution in [0.1, 0.15) is 11.1 Å². The number of hydrogen-bond donors (Lipinski definition) is 1. The first-order valence-electron chi connectivity index (χ1n) is 10.2. The third kappa shape index (κ3) is 3.90. The van der Waals surface area contributed by atoms with Crippen LogP contribution in [0, 0.1) is 0 Å². The average Bonchev–Trinajstić information content (AvgIpc) is 3.47. The van der Waals surface area contributed by atoms with E-state index in [1.165, 1.54) is 10.5 Å². The van der Waals surface area contributed by atoms with E-state index in [-0.39, 0.29) is 12.5 Å². The summed E-state index contributed by atoms with van der Waals surface area (Å²) in [5.41, 5.74) is 5.80. The van der Waals surface area contributed by atoms with Crippen LogP contribution in [-0.2, 0) is 11.3 Å². The van der Waals surface area contributed by atoms with Crippen LogP contribution in [0.25, 0.3) is 16.9 Å². The van der Waals surface area contributed by atoms with Gasteiger partial charge in [0.1, 0.15) is 5.75 Å². The Morgan fingerprint density at radius 2 is 2.03 bits per heavy atom. The minimum absolute atomic E-state index is 0.00386. The predicted octanol–water partition coefficient (Wildman–Crippen LogP) is 3.54. The van der Waals surface area contributed by atoms with Gasteiger partial charge in [0.15, 0.2) is 18.1 Å². The number of benzene rings is 2. The zero-order chi connectivity index (χ0) is 22.1. The second-order valence-electron chi connectivity index (χ2n) is 7.74. The number of nitrogens with one attached hydrogen (secondary N) is 1. The van der Waals surface area contributed by atoms with E-state index in [0.717, 1.165) is 28.2 Å². The van der Waals surface area contributed by atoms with Crippen LogP contribution in [0.15, 0.2) is 66.0 Å². The Bertz CT molecular complexity index is 1320. The number of ether oxygens (including phenoxy) is 1. The molecule has 0 spiro atoms. The number of nitrogens with zero attached hydrogens (tertiary/aromatic N) is 5. The van der Waals surface area contributed by atoms with Gasteiger partial charge in [-0.1, -0.05) is 12.1 Å². The maximum atomic E-state index is 11.7. The molecule has 160 valence electrons. The lowest BCUT2D eigenvalue weighted by atomic mass is 10.0. The number of anilines is 2. The van der Waals surface area contributed by atoms with E-state index in [4.69, 9.17) is 9.72 Å². The van der Waals surface area contributed by atoms with Crippen LogP contribution in [-0.4, -0.2) is 52.1 Å². The molecule has 4 aromatic rings. The number of aromatic nitrogens is 3. The van der Waals surface area contributed by atoms with Crippen molar-refractivity contribution in [3.8, 4) is 17.0 Å². The number of hydrogen-bond acceptors (Lipinski definition) is 6. The quantitative estimate of drug-likeness (QED) is 0.510. The summed E-state index contributed by atoms with van der Waals surface area (Å²) in [4.78, 5) is 26.8. The van der Waals surface area contributed by atoms with Gasteiger partial charge in [0.05, 0.1) is 12.2 Å². The highest BCUT2D eigenvalue weighted by Gasteiger charge is 2.13. The number of carbonyl (C=O) groups excluding carboxylic acids is 1. The van der Waals surface area contributed by atoms with E-state index in [0.29, 0.717) is 18.1 Å². The smallest absolute Gasteiger partial charge is 0.259 e. The number of carbonyl (C=O) groups is 1. The highest BCUT2D eigenvalue weighted by Crippen LogP contribution is 2.27. The first kappa shape index (κ1) is 19.7. The third-order valence-electron chi connectivity index (χ3n) is 5.28. The van der Waals surface area contributed by atoms with Gasteiger partial charge in [-0.25, -0.2) is 9.97 Å². The molecule has 0 atom stereocenters. The first-order valence-corrected chi connectivity index (χ1v) is 10.2. The van der Waals surface area contributed by atoms with Crippen molar-refractivity contribution in [3.63, 3.8) is 0 Å². The monoisotopic (exact) mass is 426 g/mol. The third-order valence-corrected chi connectivity index (χ3v) is 5.28. The number of rotatable bonds is 6. The Morgan fingerprint density at radius 3 is 2.84 bits per heavy atom. The summed E-state index contributed by atoms with van der Waals surface area (Å²) in [6, 6.07) is 13.7. The summed E-state index contributed by atoms with van der Waals surface area (Å²) in [5, 5.41) is 3.36. The van der Waals surface area contributed by atoms with Crippen LogP contribution in [0.4, 0.5) is 11.5 Å². The Hall–Kier alpha value is -4.20. The van der Waals surface area contributed by atoms with Gasteiger partial charge in [-0.3, -0.25) is 9.79 Å².